The molecule has 0 fully saturated rings. The molecular weight excluding hydrogens is 323 g/mol. The number of alkyl halides is 3. The van der Waals surface area contributed by atoms with Crippen LogP contribution in [0.1, 0.15) is 32.8 Å². The van der Waals surface area contributed by atoms with Gasteiger partial charge in [-0.1, -0.05) is 20.8 Å². The van der Waals surface area contributed by atoms with Crippen LogP contribution in [0.25, 0.3) is 0 Å². The van der Waals surface area contributed by atoms with Crippen LogP contribution >= 0.6 is 15.9 Å². The minimum atomic E-state index is -4.44. The van der Waals surface area contributed by atoms with Gasteiger partial charge >= 0.3 is 6.18 Å². The molecule has 19 heavy (non-hydrogen) atoms. The number of hydrogen-bond donors (Lipinski definition) is 0. The number of hydrogen-bond acceptors (Lipinski definition) is 2. The lowest BCUT2D eigenvalue weighted by molar-refractivity contribution is -0.139. The molecule has 0 aliphatic carbocycles. The summed E-state index contributed by atoms with van der Waals surface area (Å²) in [5, 5.41) is 0. The van der Waals surface area contributed by atoms with Crippen molar-refractivity contribution in [1.82, 2.24) is 4.98 Å². The van der Waals surface area contributed by atoms with Crippen LogP contribution < -0.4 is 4.74 Å². The second kappa shape index (κ2) is 6.59. The van der Waals surface area contributed by atoms with E-state index in [0.29, 0.717) is 5.92 Å². The summed E-state index contributed by atoms with van der Waals surface area (Å²) in [6.45, 7) is 6.35. The highest BCUT2D eigenvalue weighted by Crippen LogP contribution is 2.37. The van der Waals surface area contributed by atoms with E-state index in [1.165, 1.54) is 0 Å². The van der Waals surface area contributed by atoms with E-state index >= 15 is 0 Å². The highest BCUT2D eigenvalue weighted by molar-refractivity contribution is 9.10. The van der Waals surface area contributed by atoms with Crippen LogP contribution in [0.2, 0.25) is 0 Å². The van der Waals surface area contributed by atoms with Gasteiger partial charge in [-0.05, 0) is 40.3 Å². The molecule has 0 aromatic carbocycles. The van der Waals surface area contributed by atoms with Gasteiger partial charge in [0.1, 0.15) is 15.9 Å². The summed E-state index contributed by atoms with van der Waals surface area (Å²) in [6, 6.07) is 0.933. The highest BCUT2D eigenvalue weighted by atomic mass is 79.9. The molecule has 0 saturated carbocycles. The monoisotopic (exact) mass is 339 g/mol. The molecule has 1 rings (SSSR count). The molecule has 6 heteroatoms. The van der Waals surface area contributed by atoms with Crippen molar-refractivity contribution in [2.45, 2.75) is 33.4 Å². The lowest BCUT2D eigenvalue weighted by Crippen LogP contribution is -2.14. The third kappa shape index (κ3) is 5.38. The zero-order valence-corrected chi connectivity index (χ0v) is 12.7. The first-order valence-corrected chi connectivity index (χ1v) is 6.85. The summed E-state index contributed by atoms with van der Waals surface area (Å²) in [7, 11) is 0. The maximum atomic E-state index is 12.8. The predicted octanol–water partition coefficient (Wildman–Crippen LogP) is 4.92. The van der Waals surface area contributed by atoms with Crippen molar-refractivity contribution in [2.75, 3.05) is 6.61 Å². The van der Waals surface area contributed by atoms with E-state index in [2.05, 4.69) is 34.8 Å². The normalized spacial score (nSPS) is 13.7. The van der Waals surface area contributed by atoms with Crippen molar-refractivity contribution in [2.24, 2.45) is 11.8 Å². The zero-order valence-electron chi connectivity index (χ0n) is 11.1. The Bertz CT molecular complexity index is 421. The number of ether oxygens (including phenoxy) is 1. The molecule has 2 nitrogen and oxygen atoms in total. The minimum Gasteiger partial charge on any atom is -0.491 e. The van der Waals surface area contributed by atoms with Crippen LogP contribution in [-0.2, 0) is 6.18 Å². The first kappa shape index (κ1) is 16.3. The molecule has 1 heterocycles. The fourth-order valence-electron chi connectivity index (χ4n) is 1.86. The molecule has 0 bridgehead atoms. The van der Waals surface area contributed by atoms with E-state index in [4.69, 9.17) is 4.74 Å². The van der Waals surface area contributed by atoms with Gasteiger partial charge in [0.2, 0.25) is 0 Å². The molecule has 0 aliphatic heterocycles. The Morgan fingerprint density at radius 3 is 2.47 bits per heavy atom. The molecule has 1 aromatic rings. The fourth-order valence-corrected chi connectivity index (χ4v) is 2.19. The summed E-state index contributed by atoms with van der Waals surface area (Å²) in [6.07, 6.45) is -2.43. The van der Waals surface area contributed by atoms with Gasteiger partial charge in [0.25, 0.3) is 0 Å². The first-order chi connectivity index (χ1) is 8.70. The number of halogens is 4. The second-order valence-electron chi connectivity index (χ2n) is 5.05. The maximum absolute atomic E-state index is 12.8. The Morgan fingerprint density at radius 2 is 1.95 bits per heavy atom. The SMILES string of the molecule is CC(C)CC(C)COc1cnc(Br)cc1C(F)(F)F. The summed E-state index contributed by atoms with van der Waals surface area (Å²) in [4.78, 5) is 3.78. The fraction of sp³-hybridized carbons (Fsp3) is 0.615. The zero-order chi connectivity index (χ0) is 14.6. The van der Waals surface area contributed by atoms with Gasteiger partial charge < -0.3 is 4.74 Å². The standard InChI is InChI=1S/C13H17BrF3NO/c1-8(2)4-9(3)7-19-11-6-18-12(14)5-10(11)13(15,16)17/h5-6,8-9H,4,7H2,1-3H3. The molecule has 0 aliphatic rings. The van der Waals surface area contributed by atoms with E-state index in [-0.39, 0.29) is 22.9 Å². The third-order valence-electron chi connectivity index (χ3n) is 2.54. The Hall–Kier alpha value is -0.780. The van der Waals surface area contributed by atoms with Crippen molar-refractivity contribution in [3.8, 4) is 5.75 Å². The van der Waals surface area contributed by atoms with Crippen molar-refractivity contribution >= 4 is 15.9 Å². The van der Waals surface area contributed by atoms with Gasteiger partial charge in [-0.2, -0.15) is 13.2 Å². The number of rotatable bonds is 5. The first-order valence-electron chi connectivity index (χ1n) is 6.05. The molecule has 0 radical (unpaired) electrons. The molecule has 1 unspecified atom stereocenters. The summed E-state index contributed by atoms with van der Waals surface area (Å²) in [5.41, 5.74) is -0.800. The third-order valence-corrected chi connectivity index (χ3v) is 2.97. The number of pyridine rings is 1. The van der Waals surface area contributed by atoms with E-state index in [0.717, 1.165) is 18.7 Å². The Balaban J connectivity index is 2.78. The Kier molecular flexibility index (Phi) is 5.64. The van der Waals surface area contributed by atoms with Crippen molar-refractivity contribution < 1.29 is 17.9 Å². The van der Waals surface area contributed by atoms with Gasteiger partial charge in [-0.25, -0.2) is 4.98 Å². The molecule has 1 aromatic heterocycles. The minimum absolute atomic E-state index is 0.141. The number of nitrogens with zero attached hydrogens (tertiary/aromatic N) is 1. The smallest absolute Gasteiger partial charge is 0.420 e. The average molecular weight is 340 g/mol. The van der Waals surface area contributed by atoms with Gasteiger partial charge in [0, 0.05) is 0 Å². The van der Waals surface area contributed by atoms with E-state index in [1.807, 2.05) is 6.92 Å². The molecule has 0 spiro atoms. The summed E-state index contributed by atoms with van der Waals surface area (Å²) in [5.74, 6) is 0.472. The van der Waals surface area contributed by atoms with Gasteiger partial charge in [-0.15, -0.1) is 0 Å². The Morgan fingerprint density at radius 1 is 1.32 bits per heavy atom. The summed E-state index contributed by atoms with van der Waals surface area (Å²) < 4.78 is 43.9. The van der Waals surface area contributed by atoms with Crippen LogP contribution in [-0.4, -0.2) is 11.6 Å². The largest absolute Gasteiger partial charge is 0.491 e. The van der Waals surface area contributed by atoms with Crippen LogP contribution in [0.3, 0.4) is 0 Å². The maximum Gasteiger partial charge on any atom is 0.420 e. The van der Waals surface area contributed by atoms with Crippen molar-refractivity contribution in [3.63, 3.8) is 0 Å². The molecule has 1 atom stereocenters. The Labute approximate surface area is 119 Å². The van der Waals surface area contributed by atoms with Gasteiger partial charge in [0.15, 0.2) is 0 Å². The van der Waals surface area contributed by atoms with Gasteiger partial charge in [-0.3, -0.25) is 0 Å². The summed E-state index contributed by atoms with van der Waals surface area (Å²) >= 11 is 2.93. The molecule has 0 N–H and O–H groups in total. The molecule has 108 valence electrons. The molecular formula is C13H17BrF3NO. The van der Waals surface area contributed by atoms with Crippen LogP contribution in [0, 0.1) is 11.8 Å². The lowest BCUT2D eigenvalue weighted by atomic mass is 10.00. The van der Waals surface area contributed by atoms with E-state index < -0.39 is 11.7 Å². The second-order valence-corrected chi connectivity index (χ2v) is 5.86. The molecule has 0 amide bonds. The topological polar surface area (TPSA) is 22.1 Å². The van der Waals surface area contributed by atoms with Crippen LogP contribution in [0.4, 0.5) is 13.2 Å². The highest BCUT2D eigenvalue weighted by Gasteiger charge is 2.35. The van der Waals surface area contributed by atoms with Crippen molar-refractivity contribution in [1.29, 1.82) is 0 Å². The molecule has 0 saturated heterocycles. The predicted molar refractivity (Wildman–Crippen MR) is 71.1 cm³/mol. The van der Waals surface area contributed by atoms with Crippen LogP contribution in [0.15, 0.2) is 16.9 Å². The lowest BCUT2D eigenvalue weighted by Gasteiger charge is -2.17. The van der Waals surface area contributed by atoms with Crippen LogP contribution in [0.5, 0.6) is 5.75 Å². The van der Waals surface area contributed by atoms with Crippen molar-refractivity contribution in [3.05, 3.63) is 22.4 Å². The van der Waals surface area contributed by atoms with E-state index in [1.54, 1.807) is 0 Å². The number of aromatic nitrogens is 1. The average Bonchev–Trinajstić information content (AvgIpc) is 2.25. The van der Waals surface area contributed by atoms with E-state index in [9.17, 15) is 13.2 Å². The van der Waals surface area contributed by atoms with Gasteiger partial charge in [0.05, 0.1) is 12.8 Å². The quantitative estimate of drug-likeness (QED) is 0.710.